The van der Waals surface area contributed by atoms with Gasteiger partial charge in [0.15, 0.2) is 5.65 Å². The number of para-hydroxylation sites is 2. The molecule has 0 aliphatic carbocycles. The van der Waals surface area contributed by atoms with Crippen LogP contribution < -0.4 is 10.2 Å². The first-order valence-electron chi connectivity index (χ1n) is 9.12. The van der Waals surface area contributed by atoms with Gasteiger partial charge in [-0.3, -0.25) is 0 Å². The summed E-state index contributed by atoms with van der Waals surface area (Å²) < 4.78 is 8.06. The Morgan fingerprint density at radius 1 is 1.29 bits per heavy atom. The molecule has 1 saturated heterocycles. The fraction of sp³-hybridized carbons (Fsp3) is 0.333. The van der Waals surface area contributed by atoms with Crippen molar-refractivity contribution in [2.24, 2.45) is 0 Å². The number of halogens is 1. The summed E-state index contributed by atoms with van der Waals surface area (Å²) in [5, 5.41) is 7.74. The maximum Gasteiger partial charge on any atom is 0.231 e. The van der Waals surface area contributed by atoms with E-state index < -0.39 is 0 Å². The Hall–Kier alpha value is -2.72. The monoisotopic (exact) mass is 442 g/mol. The van der Waals surface area contributed by atoms with Crippen molar-refractivity contribution in [3.8, 4) is 0 Å². The van der Waals surface area contributed by atoms with Crippen molar-refractivity contribution in [3.63, 3.8) is 0 Å². The zero-order chi connectivity index (χ0) is 19.1. The molecule has 5 rings (SSSR count). The largest absolute Gasteiger partial charge is 0.377 e. The van der Waals surface area contributed by atoms with Crippen molar-refractivity contribution in [3.05, 3.63) is 40.8 Å². The third kappa shape index (κ3) is 3.08. The summed E-state index contributed by atoms with van der Waals surface area (Å²) in [5.41, 5.74) is 2.67. The maximum atomic E-state index is 5.54. The SMILES string of the molecule is C[C@H]1COCCN1c1nc(NCc2nc3ccccc3[nH]2)n2ncc(Br)c2n1. The second-order valence-electron chi connectivity index (χ2n) is 6.75. The lowest BCUT2D eigenvalue weighted by Gasteiger charge is -2.33. The van der Waals surface area contributed by atoms with Crippen molar-refractivity contribution in [2.45, 2.75) is 19.5 Å². The zero-order valence-corrected chi connectivity index (χ0v) is 16.8. The second kappa shape index (κ2) is 7.02. The molecule has 3 aromatic heterocycles. The number of anilines is 2. The van der Waals surface area contributed by atoms with Gasteiger partial charge in [0.25, 0.3) is 0 Å². The molecule has 144 valence electrons. The molecule has 1 fully saturated rings. The zero-order valence-electron chi connectivity index (χ0n) is 15.3. The number of nitrogens with one attached hydrogen (secondary N) is 2. The van der Waals surface area contributed by atoms with Crippen molar-refractivity contribution in [2.75, 3.05) is 30.0 Å². The van der Waals surface area contributed by atoms with E-state index in [2.05, 4.69) is 48.1 Å². The molecule has 9 nitrogen and oxygen atoms in total. The van der Waals surface area contributed by atoms with Gasteiger partial charge < -0.3 is 19.9 Å². The summed E-state index contributed by atoms with van der Waals surface area (Å²) in [7, 11) is 0. The summed E-state index contributed by atoms with van der Waals surface area (Å²) in [6, 6.07) is 8.17. The quantitative estimate of drug-likeness (QED) is 0.501. The fourth-order valence-electron chi connectivity index (χ4n) is 3.36. The number of imidazole rings is 1. The number of nitrogens with zero attached hydrogens (tertiary/aromatic N) is 6. The molecule has 1 atom stereocenters. The molecule has 4 aromatic rings. The molecule has 10 heteroatoms. The Labute approximate surface area is 169 Å². The number of fused-ring (bicyclic) bond motifs is 2. The van der Waals surface area contributed by atoms with E-state index in [4.69, 9.17) is 14.7 Å². The number of H-pyrrole nitrogens is 1. The highest BCUT2D eigenvalue weighted by Crippen LogP contribution is 2.23. The number of ether oxygens (including phenoxy) is 1. The van der Waals surface area contributed by atoms with E-state index in [1.54, 1.807) is 10.7 Å². The standard InChI is InChI=1S/C18H19BrN8O/c1-11-10-28-7-6-26(11)18-24-16-12(19)8-21-27(16)17(25-18)20-9-15-22-13-4-2-3-5-14(13)23-15/h2-5,8,11H,6-7,9-10H2,1H3,(H,22,23)(H,20,24,25)/t11-/m0/s1. The van der Waals surface area contributed by atoms with E-state index in [1.807, 2.05) is 24.3 Å². The minimum atomic E-state index is 0.209. The van der Waals surface area contributed by atoms with Crippen LogP contribution in [0.3, 0.4) is 0 Å². The third-order valence-corrected chi connectivity index (χ3v) is 5.35. The van der Waals surface area contributed by atoms with Crippen LogP contribution in [0.25, 0.3) is 16.7 Å². The Bertz CT molecular complexity index is 1110. The van der Waals surface area contributed by atoms with Crippen LogP contribution in [-0.4, -0.2) is 55.4 Å². The van der Waals surface area contributed by atoms with Crippen LogP contribution >= 0.6 is 15.9 Å². The first-order valence-corrected chi connectivity index (χ1v) is 9.91. The Balaban J connectivity index is 1.48. The van der Waals surface area contributed by atoms with E-state index in [0.29, 0.717) is 31.7 Å². The fourth-order valence-corrected chi connectivity index (χ4v) is 3.71. The number of morpholine rings is 1. The van der Waals surface area contributed by atoms with Crippen molar-refractivity contribution in [1.29, 1.82) is 0 Å². The average Bonchev–Trinajstić information content (AvgIpc) is 3.30. The molecular formula is C18H19BrN8O. The smallest absolute Gasteiger partial charge is 0.231 e. The summed E-state index contributed by atoms with van der Waals surface area (Å²) in [5.74, 6) is 2.11. The molecule has 4 heterocycles. The minimum Gasteiger partial charge on any atom is -0.377 e. The lowest BCUT2D eigenvalue weighted by atomic mass is 10.3. The van der Waals surface area contributed by atoms with Gasteiger partial charge in [-0.05, 0) is 35.0 Å². The van der Waals surface area contributed by atoms with Crippen LogP contribution in [0.2, 0.25) is 0 Å². The van der Waals surface area contributed by atoms with E-state index >= 15 is 0 Å². The molecule has 28 heavy (non-hydrogen) atoms. The lowest BCUT2D eigenvalue weighted by Crippen LogP contribution is -2.44. The predicted octanol–water partition coefficient (Wildman–Crippen LogP) is 2.60. The number of hydrogen-bond donors (Lipinski definition) is 2. The number of benzene rings is 1. The first-order chi connectivity index (χ1) is 13.7. The summed E-state index contributed by atoms with van der Waals surface area (Å²) >= 11 is 3.53. The molecule has 0 unspecified atom stereocenters. The highest BCUT2D eigenvalue weighted by molar-refractivity contribution is 9.10. The van der Waals surface area contributed by atoms with Crippen LogP contribution in [0, 0.1) is 0 Å². The maximum absolute atomic E-state index is 5.54. The van der Waals surface area contributed by atoms with E-state index in [9.17, 15) is 0 Å². The molecule has 1 aliphatic rings. The molecule has 0 bridgehead atoms. The summed E-state index contributed by atoms with van der Waals surface area (Å²) in [6.45, 7) is 4.69. The molecule has 0 spiro atoms. The van der Waals surface area contributed by atoms with Gasteiger partial charge in [-0.1, -0.05) is 12.1 Å². The van der Waals surface area contributed by atoms with Crippen LogP contribution in [-0.2, 0) is 11.3 Å². The average molecular weight is 443 g/mol. The molecule has 0 amide bonds. The predicted molar refractivity (Wildman–Crippen MR) is 110 cm³/mol. The first kappa shape index (κ1) is 17.4. The Morgan fingerprint density at radius 3 is 3.04 bits per heavy atom. The molecule has 1 aromatic carbocycles. The molecule has 0 radical (unpaired) electrons. The highest BCUT2D eigenvalue weighted by atomic mass is 79.9. The van der Waals surface area contributed by atoms with E-state index in [0.717, 1.165) is 33.5 Å². The molecule has 1 aliphatic heterocycles. The van der Waals surface area contributed by atoms with Gasteiger partial charge in [0.2, 0.25) is 11.9 Å². The second-order valence-corrected chi connectivity index (χ2v) is 7.60. The molecule has 0 saturated carbocycles. The van der Waals surface area contributed by atoms with Gasteiger partial charge in [0, 0.05) is 6.54 Å². The van der Waals surface area contributed by atoms with Gasteiger partial charge in [0.1, 0.15) is 5.82 Å². The van der Waals surface area contributed by atoms with E-state index in [1.165, 1.54) is 0 Å². The van der Waals surface area contributed by atoms with Crippen molar-refractivity contribution < 1.29 is 4.74 Å². The van der Waals surface area contributed by atoms with Gasteiger partial charge in [0.05, 0.1) is 47.5 Å². The highest BCUT2D eigenvalue weighted by Gasteiger charge is 2.23. The van der Waals surface area contributed by atoms with Crippen LogP contribution in [0.15, 0.2) is 34.9 Å². The summed E-state index contributed by atoms with van der Waals surface area (Å²) in [4.78, 5) is 19.5. The van der Waals surface area contributed by atoms with Gasteiger partial charge in [-0.15, -0.1) is 0 Å². The van der Waals surface area contributed by atoms with Crippen molar-refractivity contribution >= 4 is 44.5 Å². The third-order valence-electron chi connectivity index (χ3n) is 4.79. The number of aromatic nitrogens is 6. The lowest BCUT2D eigenvalue weighted by molar-refractivity contribution is 0.0981. The topological polar surface area (TPSA) is 96.3 Å². The van der Waals surface area contributed by atoms with Gasteiger partial charge in [-0.2, -0.15) is 19.6 Å². The van der Waals surface area contributed by atoms with Crippen LogP contribution in [0.5, 0.6) is 0 Å². The summed E-state index contributed by atoms with van der Waals surface area (Å²) in [6.07, 6.45) is 1.73. The Morgan fingerprint density at radius 2 is 2.18 bits per heavy atom. The van der Waals surface area contributed by atoms with Crippen LogP contribution in [0.1, 0.15) is 12.7 Å². The normalized spacial score (nSPS) is 17.5. The Kier molecular flexibility index (Phi) is 4.36. The number of rotatable bonds is 4. The van der Waals surface area contributed by atoms with Gasteiger partial charge >= 0.3 is 0 Å². The minimum absolute atomic E-state index is 0.209. The van der Waals surface area contributed by atoms with E-state index in [-0.39, 0.29) is 6.04 Å². The number of aromatic amines is 1. The molecule has 2 N–H and O–H groups in total. The van der Waals surface area contributed by atoms with Crippen molar-refractivity contribution in [1.82, 2.24) is 29.5 Å². The van der Waals surface area contributed by atoms with Gasteiger partial charge in [-0.25, -0.2) is 4.98 Å². The van der Waals surface area contributed by atoms with Crippen LogP contribution in [0.4, 0.5) is 11.9 Å². The number of hydrogen-bond acceptors (Lipinski definition) is 7. The molecular weight excluding hydrogens is 424 g/mol.